The van der Waals surface area contributed by atoms with Gasteiger partial charge < -0.3 is 0 Å². The zero-order chi connectivity index (χ0) is 13.4. The topological polar surface area (TPSA) is 69.3 Å². The van der Waals surface area contributed by atoms with Crippen molar-refractivity contribution in [1.29, 1.82) is 0 Å². The fraction of sp³-hybridized carbons (Fsp3) is 0.727. The Kier molecular flexibility index (Phi) is 3.48. The van der Waals surface area contributed by atoms with Crippen molar-refractivity contribution in [2.45, 2.75) is 31.2 Å². The van der Waals surface area contributed by atoms with E-state index in [9.17, 15) is 8.42 Å². The molecule has 0 saturated carbocycles. The average molecular weight is 272 g/mol. The van der Waals surface area contributed by atoms with Gasteiger partial charge >= 0.3 is 0 Å². The molecule has 0 aliphatic carbocycles. The van der Waals surface area contributed by atoms with E-state index >= 15 is 0 Å². The van der Waals surface area contributed by atoms with Gasteiger partial charge in [-0.05, 0) is 20.8 Å². The molecule has 1 aliphatic heterocycles. The van der Waals surface area contributed by atoms with Crippen LogP contribution in [-0.4, -0.2) is 59.5 Å². The molecule has 0 bridgehead atoms. The van der Waals surface area contributed by atoms with Gasteiger partial charge in [0.15, 0.2) is 0 Å². The summed E-state index contributed by atoms with van der Waals surface area (Å²) in [6, 6.07) is 0. The highest BCUT2D eigenvalue weighted by Gasteiger charge is 2.32. The molecule has 6 nitrogen and oxygen atoms in total. The van der Waals surface area contributed by atoms with Gasteiger partial charge in [-0.3, -0.25) is 10.00 Å². The molecule has 2 heterocycles. The van der Waals surface area contributed by atoms with Crippen LogP contribution in [0.2, 0.25) is 0 Å². The Morgan fingerprint density at radius 2 is 1.83 bits per heavy atom. The Labute approximate surface area is 108 Å². The van der Waals surface area contributed by atoms with Crippen molar-refractivity contribution in [1.82, 2.24) is 19.4 Å². The maximum absolute atomic E-state index is 12.3. The molecule has 18 heavy (non-hydrogen) atoms. The number of nitrogens with one attached hydrogen (secondary N) is 1. The van der Waals surface area contributed by atoms with Gasteiger partial charge in [0, 0.05) is 37.9 Å². The molecule has 7 heteroatoms. The van der Waals surface area contributed by atoms with Crippen LogP contribution in [0.4, 0.5) is 0 Å². The first kappa shape index (κ1) is 13.5. The van der Waals surface area contributed by atoms with Crippen LogP contribution in [0.25, 0.3) is 0 Å². The Morgan fingerprint density at radius 3 is 2.28 bits per heavy atom. The lowest BCUT2D eigenvalue weighted by Crippen LogP contribution is -2.54. The molecule has 0 unspecified atom stereocenters. The molecule has 0 atom stereocenters. The summed E-state index contributed by atoms with van der Waals surface area (Å²) in [5.41, 5.74) is 0.0888. The summed E-state index contributed by atoms with van der Waals surface area (Å²) in [4.78, 5) is 2.54. The molecule has 0 amide bonds. The molecule has 0 aromatic carbocycles. The number of piperazine rings is 1. The molecular formula is C11H20N4O2S. The number of hydrogen-bond donors (Lipinski definition) is 1. The van der Waals surface area contributed by atoms with Gasteiger partial charge in [0.2, 0.25) is 10.0 Å². The van der Waals surface area contributed by atoms with Crippen molar-refractivity contribution in [3.8, 4) is 0 Å². The molecular weight excluding hydrogens is 252 g/mol. The van der Waals surface area contributed by atoms with Gasteiger partial charge in [0.05, 0.1) is 6.20 Å². The van der Waals surface area contributed by atoms with E-state index in [2.05, 4.69) is 35.9 Å². The zero-order valence-corrected chi connectivity index (χ0v) is 11.9. The summed E-state index contributed by atoms with van der Waals surface area (Å²) in [6.45, 7) is 9.03. The van der Waals surface area contributed by atoms with Crippen LogP contribution in [0.3, 0.4) is 0 Å². The average Bonchev–Trinajstić information content (AvgIpc) is 2.82. The van der Waals surface area contributed by atoms with Gasteiger partial charge in [0.25, 0.3) is 0 Å². The minimum Gasteiger partial charge on any atom is -0.296 e. The lowest BCUT2D eigenvalue weighted by atomic mass is 10.1. The molecule has 1 fully saturated rings. The summed E-state index contributed by atoms with van der Waals surface area (Å²) in [5.74, 6) is 0. The molecule has 1 aromatic heterocycles. The van der Waals surface area contributed by atoms with Gasteiger partial charge in [0.1, 0.15) is 4.90 Å². The first-order valence-corrected chi connectivity index (χ1v) is 7.50. The maximum atomic E-state index is 12.3. The van der Waals surface area contributed by atoms with E-state index in [0.717, 1.165) is 13.1 Å². The van der Waals surface area contributed by atoms with Crippen LogP contribution >= 0.6 is 0 Å². The second-order valence-electron chi connectivity index (χ2n) is 5.50. The van der Waals surface area contributed by atoms with Crippen molar-refractivity contribution in [3.05, 3.63) is 12.4 Å². The standard InChI is InChI=1S/C11H20N4O2S/c1-11(2,3)14-4-6-15(7-5-14)18(16,17)10-8-12-13-9-10/h8-9H,4-7H2,1-3H3,(H,12,13). The summed E-state index contributed by atoms with van der Waals surface area (Å²) < 4.78 is 26.0. The number of aromatic nitrogens is 2. The molecule has 1 aliphatic rings. The second kappa shape index (κ2) is 4.64. The Morgan fingerprint density at radius 1 is 1.22 bits per heavy atom. The van der Waals surface area contributed by atoms with E-state index in [4.69, 9.17) is 0 Å². The summed E-state index contributed by atoms with van der Waals surface area (Å²) in [6.07, 6.45) is 2.77. The van der Waals surface area contributed by atoms with Crippen molar-refractivity contribution in [3.63, 3.8) is 0 Å². The fourth-order valence-corrected chi connectivity index (χ4v) is 3.46. The van der Waals surface area contributed by atoms with E-state index in [-0.39, 0.29) is 10.4 Å². The molecule has 1 aromatic rings. The third-order valence-electron chi connectivity index (χ3n) is 3.30. The van der Waals surface area contributed by atoms with Crippen molar-refractivity contribution in [2.75, 3.05) is 26.2 Å². The quantitative estimate of drug-likeness (QED) is 0.852. The van der Waals surface area contributed by atoms with Crippen LogP contribution < -0.4 is 0 Å². The second-order valence-corrected chi connectivity index (χ2v) is 7.43. The minimum absolute atomic E-state index is 0.0888. The third-order valence-corrected chi connectivity index (χ3v) is 5.16. The molecule has 1 N–H and O–H groups in total. The number of aromatic amines is 1. The van der Waals surface area contributed by atoms with Crippen LogP contribution in [0.1, 0.15) is 20.8 Å². The Balaban J connectivity index is 2.07. The minimum atomic E-state index is -3.37. The van der Waals surface area contributed by atoms with E-state index in [1.807, 2.05) is 0 Å². The third kappa shape index (κ3) is 2.57. The van der Waals surface area contributed by atoms with E-state index in [1.165, 1.54) is 16.7 Å². The fourth-order valence-electron chi connectivity index (χ4n) is 2.13. The number of H-pyrrole nitrogens is 1. The highest BCUT2D eigenvalue weighted by atomic mass is 32.2. The van der Waals surface area contributed by atoms with Gasteiger partial charge in [-0.2, -0.15) is 9.40 Å². The number of hydrogen-bond acceptors (Lipinski definition) is 4. The predicted octanol–water partition coefficient (Wildman–Crippen LogP) is 0.515. The van der Waals surface area contributed by atoms with Crippen molar-refractivity contribution in [2.24, 2.45) is 0 Å². The zero-order valence-electron chi connectivity index (χ0n) is 11.0. The summed E-state index contributed by atoms with van der Waals surface area (Å²) >= 11 is 0. The Hall–Kier alpha value is -0.920. The van der Waals surface area contributed by atoms with Crippen LogP contribution in [0.15, 0.2) is 17.3 Å². The van der Waals surface area contributed by atoms with E-state index < -0.39 is 10.0 Å². The van der Waals surface area contributed by atoms with Crippen molar-refractivity contribution < 1.29 is 8.42 Å². The largest absolute Gasteiger partial charge is 0.296 e. The number of rotatable bonds is 2. The summed E-state index contributed by atoms with van der Waals surface area (Å²) in [7, 11) is -3.37. The highest BCUT2D eigenvalue weighted by Crippen LogP contribution is 2.20. The smallest absolute Gasteiger partial charge is 0.246 e. The van der Waals surface area contributed by atoms with E-state index in [0.29, 0.717) is 13.1 Å². The van der Waals surface area contributed by atoms with E-state index in [1.54, 1.807) is 0 Å². The monoisotopic (exact) mass is 272 g/mol. The highest BCUT2D eigenvalue weighted by molar-refractivity contribution is 7.89. The molecule has 102 valence electrons. The van der Waals surface area contributed by atoms with Gasteiger partial charge in [-0.25, -0.2) is 8.42 Å². The molecule has 0 spiro atoms. The first-order chi connectivity index (χ1) is 8.32. The van der Waals surface area contributed by atoms with Crippen LogP contribution in [0, 0.1) is 0 Å². The van der Waals surface area contributed by atoms with Gasteiger partial charge in [-0.15, -0.1) is 0 Å². The van der Waals surface area contributed by atoms with Crippen molar-refractivity contribution >= 4 is 10.0 Å². The Bertz CT molecular complexity index is 482. The summed E-state index contributed by atoms with van der Waals surface area (Å²) in [5, 5.41) is 6.24. The van der Waals surface area contributed by atoms with Crippen LogP contribution in [-0.2, 0) is 10.0 Å². The SMILES string of the molecule is CC(C)(C)N1CCN(S(=O)(=O)c2cn[nH]c2)CC1. The number of nitrogens with zero attached hydrogens (tertiary/aromatic N) is 3. The number of sulfonamides is 1. The lowest BCUT2D eigenvalue weighted by Gasteiger charge is -2.41. The predicted molar refractivity (Wildman–Crippen MR) is 68.7 cm³/mol. The molecule has 2 rings (SSSR count). The lowest BCUT2D eigenvalue weighted by molar-refractivity contribution is 0.0922. The van der Waals surface area contributed by atoms with Crippen LogP contribution in [0.5, 0.6) is 0 Å². The molecule has 1 saturated heterocycles. The maximum Gasteiger partial charge on any atom is 0.246 e. The molecule has 0 radical (unpaired) electrons. The first-order valence-electron chi connectivity index (χ1n) is 6.06. The van der Waals surface area contributed by atoms with Gasteiger partial charge in [-0.1, -0.05) is 0 Å². The normalized spacial score (nSPS) is 20.2.